The van der Waals surface area contributed by atoms with Gasteiger partial charge in [-0.3, -0.25) is 0 Å². The molecule has 12 nitrogen and oxygen atoms in total. The Morgan fingerprint density at radius 1 is 0.583 bits per heavy atom. The number of ether oxygens (including phenoxy) is 8. The fourth-order valence-electron chi connectivity index (χ4n) is 5.55. The minimum absolute atomic E-state index is 0.358. The fraction of sp³-hybridized carbons (Fsp3) is 0.500. The monoisotopic (exact) mass is 664 g/mol. The van der Waals surface area contributed by atoms with E-state index in [-0.39, 0.29) is 0 Å². The number of hydrogen-bond donors (Lipinski definition) is 0. The number of rotatable bonds is 7. The molecule has 3 heterocycles. The summed E-state index contributed by atoms with van der Waals surface area (Å²) in [4.78, 5) is 8.49. The number of aromatic nitrogens is 4. The lowest BCUT2D eigenvalue weighted by molar-refractivity contribution is -0.0134. The molecule has 0 aliphatic carbocycles. The Labute approximate surface area is 282 Å². The summed E-state index contributed by atoms with van der Waals surface area (Å²) < 4.78 is 51.0. The van der Waals surface area contributed by atoms with Crippen molar-refractivity contribution in [3.63, 3.8) is 0 Å². The SMILES string of the molecule is Cc1c(Cn2ccnc2)c(C)c(OCc2ccc3c(c2)OCCOCCOCCOCCOCCOCCO3)c(C)c1Cn1ccnc1. The molecule has 0 fully saturated rings. The van der Waals surface area contributed by atoms with Crippen molar-refractivity contribution in [3.05, 3.63) is 89.0 Å². The Kier molecular flexibility index (Phi) is 14.1. The van der Waals surface area contributed by atoms with Gasteiger partial charge in [-0.05, 0) is 66.3 Å². The third-order valence-electron chi connectivity index (χ3n) is 8.14. The average Bonchev–Trinajstić information content (AvgIpc) is 3.81. The lowest BCUT2D eigenvalue weighted by atomic mass is 9.91. The van der Waals surface area contributed by atoms with Crippen LogP contribution in [0.4, 0.5) is 0 Å². The molecule has 260 valence electrons. The van der Waals surface area contributed by atoms with Gasteiger partial charge in [-0.2, -0.15) is 0 Å². The van der Waals surface area contributed by atoms with Crippen LogP contribution < -0.4 is 14.2 Å². The molecule has 1 aliphatic heterocycles. The molecule has 0 unspecified atom stereocenters. The molecule has 2 aromatic heterocycles. The molecule has 12 heteroatoms. The molecule has 0 spiro atoms. The second kappa shape index (κ2) is 19.2. The van der Waals surface area contributed by atoms with E-state index < -0.39 is 0 Å². The summed E-state index contributed by atoms with van der Waals surface area (Å²) in [5.41, 5.74) is 6.87. The summed E-state index contributed by atoms with van der Waals surface area (Å²) in [6, 6.07) is 5.90. The molecule has 2 aromatic carbocycles. The molecule has 1 aliphatic rings. The summed E-state index contributed by atoms with van der Waals surface area (Å²) in [6.07, 6.45) is 11.3. The third kappa shape index (κ3) is 10.5. The van der Waals surface area contributed by atoms with Gasteiger partial charge < -0.3 is 47.0 Å². The molecular formula is C36H48N4O8. The maximum Gasteiger partial charge on any atom is 0.161 e. The predicted octanol–water partition coefficient (Wildman–Crippen LogP) is 4.53. The van der Waals surface area contributed by atoms with Crippen molar-refractivity contribution in [1.29, 1.82) is 0 Å². The van der Waals surface area contributed by atoms with Crippen LogP contribution in [0.15, 0.2) is 55.6 Å². The first-order valence-electron chi connectivity index (χ1n) is 16.5. The molecule has 0 atom stereocenters. The first kappa shape index (κ1) is 35.4. The Morgan fingerprint density at radius 3 is 1.50 bits per heavy atom. The zero-order chi connectivity index (χ0) is 33.4. The lowest BCUT2D eigenvalue weighted by Gasteiger charge is -2.23. The van der Waals surface area contributed by atoms with Crippen molar-refractivity contribution in [3.8, 4) is 17.2 Å². The average molecular weight is 665 g/mol. The number of hydrogen-bond acceptors (Lipinski definition) is 10. The zero-order valence-corrected chi connectivity index (χ0v) is 28.4. The highest BCUT2D eigenvalue weighted by Gasteiger charge is 2.19. The number of nitrogens with zero attached hydrogens (tertiary/aromatic N) is 4. The highest BCUT2D eigenvalue weighted by Crippen LogP contribution is 2.36. The minimum atomic E-state index is 0.358. The van der Waals surface area contributed by atoms with E-state index in [1.165, 1.54) is 16.7 Å². The Morgan fingerprint density at radius 2 is 1.04 bits per heavy atom. The summed E-state index contributed by atoms with van der Waals surface area (Å²) >= 11 is 0. The second-order valence-electron chi connectivity index (χ2n) is 11.5. The van der Waals surface area contributed by atoms with Gasteiger partial charge in [0, 0.05) is 37.9 Å². The van der Waals surface area contributed by atoms with Crippen LogP contribution in [0.5, 0.6) is 17.2 Å². The number of imidazole rings is 2. The van der Waals surface area contributed by atoms with Crippen LogP contribution in [0.2, 0.25) is 0 Å². The highest BCUT2D eigenvalue weighted by molar-refractivity contribution is 5.55. The molecule has 0 amide bonds. The van der Waals surface area contributed by atoms with Crippen LogP contribution in [-0.4, -0.2) is 98.4 Å². The third-order valence-corrected chi connectivity index (χ3v) is 8.14. The van der Waals surface area contributed by atoms with E-state index in [4.69, 9.17) is 37.9 Å². The number of benzene rings is 2. The van der Waals surface area contributed by atoms with E-state index in [1.54, 1.807) is 12.4 Å². The van der Waals surface area contributed by atoms with Gasteiger partial charge in [0.1, 0.15) is 25.6 Å². The van der Waals surface area contributed by atoms with Crippen LogP contribution >= 0.6 is 0 Å². The highest BCUT2D eigenvalue weighted by atomic mass is 16.6. The van der Waals surface area contributed by atoms with Crippen molar-refractivity contribution in [2.75, 3.05) is 79.3 Å². The zero-order valence-electron chi connectivity index (χ0n) is 28.4. The molecule has 0 saturated carbocycles. The van der Waals surface area contributed by atoms with E-state index >= 15 is 0 Å². The standard InChI is InChI=1S/C36H48N4O8/c1-28-32(23-39-8-6-37-26-39)29(2)36(30(3)33(28)24-40-9-7-38-27-40)48-25-31-4-5-34-35(22-31)47-21-19-45-17-15-43-13-11-41-10-12-42-14-16-44-18-20-46-34/h4-9,22,26-27H,10-21,23-25H2,1-3H3. The molecule has 0 N–H and O–H groups in total. The smallest absolute Gasteiger partial charge is 0.161 e. The summed E-state index contributed by atoms with van der Waals surface area (Å²) in [7, 11) is 0. The maximum absolute atomic E-state index is 6.64. The van der Waals surface area contributed by atoms with Crippen LogP contribution in [0.1, 0.15) is 33.4 Å². The van der Waals surface area contributed by atoms with E-state index in [0.29, 0.717) is 110 Å². The fourth-order valence-corrected chi connectivity index (χ4v) is 5.55. The molecule has 48 heavy (non-hydrogen) atoms. The van der Waals surface area contributed by atoms with Gasteiger partial charge in [-0.15, -0.1) is 0 Å². The molecular weight excluding hydrogens is 616 g/mol. The second-order valence-corrected chi connectivity index (χ2v) is 11.5. The van der Waals surface area contributed by atoms with Gasteiger partial charge in [-0.1, -0.05) is 6.07 Å². The van der Waals surface area contributed by atoms with E-state index in [2.05, 4.69) is 39.9 Å². The topological polar surface area (TPSA) is 109 Å². The quantitative estimate of drug-likeness (QED) is 0.280. The van der Waals surface area contributed by atoms with Gasteiger partial charge in [0.2, 0.25) is 0 Å². The minimum Gasteiger partial charge on any atom is -0.488 e. The van der Waals surface area contributed by atoms with Crippen LogP contribution in [0, 0.1) is 20.8 Å². The van der Waals surface area contributed by atoms with E-state index in [0.717, 1.165) is 22.4 Å². The van der Waals surface area contributed by atoms with E-state index in [1.807, 2.05) is 43.2 Å². The molecule has 5 rings (SSSR count). The first-order valence-corrected chi connectivity index (χ1v) is 16.5. The van der Waals surface area contributed by atoms with Crippen molar-refractivity contribution in [2.45, 2.75) is 40.5 Å². The summed E-state index contributed by atoms with van der Waals surface area (Å²) in [6.45, 7) is 13.8. The van der Waals surface area contributed by atoms with Crippen molar-refractivity contribution >= 4 is 0 Å². The van der Waals surface area contributed by atoms with Crippen LogP contribution in [-0.2, 0) is 43.4 Å². The van der Waals surface area contributed by atoms with Crippen molar-refractivity contribution in [2.24, 2.45) is 0 Å². The summed E-state index contributed by atoms with van der Waals surface area (Å²) in [5, 5.41) is 0. The maximum atomic E-state index is 6.64. The Hall–Kier alpha value is -3.94. The van der Waals surface area contributed by atoms with Crippen molar-refractivity contribution < 1.29 is 37.9 Å². The van der Waals surface area contributed by atoms with Crippen molar-refractivity contribution in [1.82, 2.24) is 19.1 Å². The van der Waals surface area contributed by atoms with Gasteiger partial charge in [0.25, 0.3) is 0 Å². The Bertz CT molecular complexity index is 1450. The normalized spacial score (nSPS) is 16.2. The number of fused-ring (bicyclic) bond motifs is 1. The van der Waals surface area contributed by atoms with Crippen LogP contribution in [0.3, 0.4) is 0 Å². The molecule has 4 aromatic rings. The summed E-state index contributed by atoms with van der Waals surface area (Å²) in [5.74, 6) is 2.14. The first-order chi connectivity index (χ1) is 23.6. The molecule has 0 bridgehead atoms. The molecule has 0 saturated heterocycles. The Balaban J connectivity index is 1.30. The van der Waals surface area contributed by atoms with E-state index in [9.17, 15) is 0 Å². The van der Waals surface area contributed by atoms with Gasteiger partial charge in [-0.25, -0.2) is 9.97 Å². The van der Waals surface area contributed by atoms with Gasteiger partial charge in [0.05, 0.1) is 78.7 Å². The lowest BCUT2D eigenvalue weighted by Crippen LogP contribution is -2.14. The molecule has 0 radical (unpaired) electrons. The van der Waals surface area contributed by atoms with Gasteiger partial charge >= 0.3 is 0 Å². The van der Waals surface area contributed by atoms with Crippen LogP contribution in [0.25, 0.3) is 0 Å². The predicted molar refractivity (Wildman–Crippen MR) is 179 cm³/mol. The largest absolute Gasteiger partial charge is 0.488 e. The van der Waals surface area contributed by atoms with Gasteiger partial charge in [0.15, 0.2) is 11.5 Å².